The van der Waals surface area contributed by atoms with Gasteiger partial charge in [0.2, 0.25) is 0 Å². The molecule has 0 heterocycles. The van der Waals surface area contributed by atoms with E-state index in [1.165, 1.54) is 0 Å². The fourth-order valence-electron chi connectivity index (χ4n) is 0.288. The van der Waals surface area contributed by atoms with Crippen molar-refractivity contribution in [1.29, 1.82) is 0 Å². The van der Waals surface area contributed by atoms with Crippen molar-refractivity contribution >= 4 is 0 Å². The Kier molecular flexibility index (Phi) is 4.95. The Morgan fingerprint density at radius 3 is 2.50 bits per heavy atom. The molecule has 1 N–H and O–H groups in total. The zero-order chi connectivity index (χ0) is 6.41. The van der Waals surface area contributed by atoms with Crippen molar-refractivity contribution in [2.24, 2.45) is 0 Å². The lowest BCUT2D eigenvalue weighted by molar-refractivity contribution is -0.337. The molecule has 0 saturated heterocycles. The predicted octanol–water partition coefficient (Wildman–Crippen LogP) is 1.04. The summed E-state index contributed by atoms with van der Waals surface area (Å²) in [5, 5.41) is 9.44. The van der Waals surface area contributed by atoms with Crippen LogP contribution in [0.2, 0.25) is 0 Å². The molecule has 0 radical (unpaired) electrons. The van der Waals surface area contributed by atoms with E-state index in [0.717, 1.165) is 11.6 Å². The summed E-state index contributed by atoms with van der Waals surface area (Å²) in [6.45, 7) is 4.91. The van der Waals surface area contributed by atoms with Gasteiger partial charge in [0.15, 0.2) is 0 Å². The van der Waals surface area contributed by atoms with Crippen molar-refractivity contribution in [3.8, 4) is 0 Å². The molecule has 0 spiro atoms. The van der Waals surface area contributed by atoms with E-state index in [2.05, 4.69) is 0 Å². The Morgan fingerprint density at radius 1 is 1.50 bits per heavy atom. The molecule has 0 fully saturated rings. The van der Waals surface area contributed by atoms with Crippen LogP contribution in [-0.2, 0) is 4.84 Å². The van der Waals surface area contributed by atoms with Crippen LogP contribution in [0.1, 0.15) is 20.3 Å². The first-order valence-corrected chi connectivity index (χ1v) is 2.90. The van der Waals surface area contributed by atoms with Gasteiger partial charge in [-0.3, -0.25) is 10.0 Å². The molecular weight excluding hydrogens is 106 g/mol. The van der Waals surface area contributed by atoms with Crippen molar-refractivity contribution in [3.05, 3.63) is 0 Å². The van der Waals surface area contributed by atoms with E-state index in [1.807, 2.05) is 13.8 Å². The minimum atomic E-state index is 0.514. The lowest BCUT2D eigenvalue weighted by Gasteiger charge is -2.09. The topological polar surface area (TPSA) is 32.7 Å². The molecule has 0 aromatic heterocycles. The molecule has 0 bridgehead atoms. The van der Waals surface area contributed by atoms with Crippen LogP contribution in [0.3, 0.4) is 0 Å². The van der Waals surface area contributed by atoms with E-state index >= 15 is 0 Å². The highest BCUT2D eigenvalue weighted by Crippen LogP contribution is 1.84. The van der Waals surface area contributed by atoms with Crippen LogP contribution in [0, 0.1) is 0 Å². The average molecular weight is 119 g/mol. The standard InChI is InChI=1S/C5H13NO2/c1-3-5-8-6(7)4-2/h7H,3-5H2,1-2H3. The van der Waals surface area contributed by atoms with Gasteiger partial charge in [-0.15, -0.1) is 0 Å². The minimum Gasteiger partial charge on any atom is -0.290 e. The molecule has 50 valence electrons. The van der Waals surface area contributed by atoms with E-state index in [0.29, 0.717) is 13.2 Å². The van der Waals surface area contributed by atoms with E-state index < -0.39 is 0 Å². The molecule has 0 aliphatic rings. The van der Waals surface area contributed by atoms with Gasteiger partial charge in [0.1, 0.15) is 0 Å². The maximum absolute atomic E-state index is 8.60. The molecule has 0 atom stereocenters. The Hall–Kier alpha value is -0.120. The van der Waals surface area contributed by atoms with Gasteiger partial charge in [0.25, 0.3) is 0 Å². The molecule has 3 nitrogen and oxygen atoms in total. The summed E-state index contributed by atoms with van der Waals surface area (Å²) >= 11 is 0. The van der Waals surface area contributed by atoms with E-state index in [4.69, 9.17) is 10.0 Å². The SMILES string of the molecule is CCCON(O)CC. The van der Waals surface area contributed by atoms with Crippen LogP contribution in [0.25, 0.3) is 0 Å². The van der Waals surface area contributed by atoms with Gasteiger partial charge in [0.05, 0.1) is 6.61 Å². The summed E-state index contributed by atoms with van der Waals surface area (Å²) in [5.74, 6) is 0. The van der Waals surface area contributed by atoms with Crippen LogP contribution in [0.15, 0.2) is 0 Å². The molecule has 0 rings (SSSR count). The second-order valence-corrected chi connectivity index (χ2v) is 1.50. The fourth-order valence-corrected chi connectivity index (χ4v) is 0.288. The quantitative estimate of drug-likeness (QED) is 0.561. The number of hydroxylamine groups is 2. The first-order chi connectivity index (χ1) is 3.81. The molecule has 0 aromatic carbocycles. The average Bonchev–Trinajstić information content (AvgIpc) is 1.83. The first kappa shape index (κ1) is 7.88. The maximum atomic E-state index is 8.60. The zero-order valence-electron chi connectivity index (χ0n) is 5.42. The number of hydrogen-bond donors (Lipinski definition) is 1. The largest absolute Gasteiger partial charge is 0.290 e. The third-order valence-electron chi connectivity index (χ3n) is 0.715. The Labute approximate surface area is 49.8 Å². The summed E-state index contributed by atoms with van der Waals surface area (Å²) in [6.07, 6.45) is 0.928. The molecule has 0 aromatic rings. The van der Waals surface area contributed by atoms with Gasteiger partial charge in [-0.1, -0.05) is 12.2 Å². The van der Waals surface area contributed by atoms with Crippen LogP contribution in [0.4, 0.5) is 0 Å². The highest BCUT2D eigenvalue weighted by Gasteiger charge is 1.91. The van der Waals surface area contributed by atoms with Crippen molar-refractivity contribution in [2.75, 3.05) is 13.2 Å². The Balaban J connectivity index is 2.86. The van der Waals surface area contributed by atoms with Crippen molar-refractivity contribution in [2.45, 2.75) is 20.3 Å². The molecule has 0 aliphatic heterocycles. The number of nitrogens with zero attached hydrogens (tertiary/aromatic N) is 1. The Morgan fingerprint density at radius 2 is 2.12 bits per heavy atom. The lowest BCUT2D eigenvalue weighted by Crippen LogP contribution is -2.19. The molecule has 0 amide bonds. The molecular formula is C5H13NO2. The fraction of sp³-hybridized carbons (Fsp3) is 1.00. The summed E-state index contributed by atoms with van der Waals surface area (Å²) < 4.78 is 0. The molecule has 8 heavy (non-hydrogen) atoms. The lowest BCUT2D eigenvalue weighted by atomic mass is 10.5. The first-order valence-electron chi connectivity index (χ1n) is 2.90. The summed E-state index contributed by atoms with van der Waals surface area (Å²) in [5.41, 5.74) is 0. The zero-order valence-corrected chi connectivity index (χ0v) is 5.42. The van der Waals surface area contributed by atoms with Gasteiger partial charge in [-0.05, 0) is 13.3 Å². The highest BCUT2D eigenvalue weighted by molar-refractivity contribution is 4.19. The van der Waals surface area contributed by atoms with Gasteiger partial charge in [-0.2, -0.15) is 0 Å². The predicted molar refractivity (Wildman–Crippen MR) is 30.4 cm³/mol. The van der Waals surface area contributed by atoms with Crippen molar-refractivity contribution in [3.63, 3.8) is 0 Å². The van der Waals surface area contributed by atoms with Gasteiger partial charge in [0, 0.05) is 6.54 Å². The monoisotopic (exact) mass is 119 g/mol. The molecule has 0 saturated carbocycles. The van der Waals surface area contributed by atoms with Crippen LogP contribution >= 0.6 is 0 Å². The number of hydrogen-bond acceptors (Lipinski definition) is 3. The second kappa shape index (κ2) is 5.03. The normalized spacial score (nSPS) is 10.5. The molecule has 3 heteroatoms. The van der Waals surface area contributed by atoms with E-state index in [-0.39, 0.29) is 0 Å². The summed E-state index contributed by atoms with van der Waals surface area (Å²) in [7, 11) is 0. The minimum absolute atomic E-state index is 0.514. The van der Waals surface area contributed by atoms with Crippen LogP contribution in [0.5, 0.6) is 0 Å². The third kappa shape index (κ3) is 4.05. The van der Waals surface area contributed by atoms with Gasteiger partial charge >= 0.3 is 0 Å². The number of rotatable bonds is 4. The van der Waals surface area contributed by atoms with Gasteiger partial charge in [-0.25, -0.2) is 0 Å². The third-order valence-corrected chi connectivity index (χ3v) is 0.715. The second-order valence-electron chi connectivity index (χ2n) is 1.50. The molecule has 0 unspecified atom stereocenters. The van der Waals surface area contributed by atoms with E-state index in [1.54, 1.807) is 0 Å². The maximum Gasteiger partial charge on any atom is 0.0709 e. The van der Waals surface area contributed by atoms with Crippen molar-refractivity contribution in [1.82, 2.24) is 5.23 Å². The molecule has 0 aliphatic carbocycles. The smallest absolute Gasteiger partial charge is 0.0709 e. The van der Waals surface area contributed by atoms with Crippen LogP contribution < -0.4 is 0 Å². The summed E-state index contributed by atoms with van der Waals surface area (Å²) in [6, 6.07) is 0. The van der Waals surface area contributed by atoms with Crippen LogP contribution in [-0.4, -0.2) is 23.6 Å². The Bertz CT molecular complexity index is 49.7. The van der Waals surface area contributed by atoms with E-state index in [9.17, 15) is 0 Å². The van der Waals surface area contributed by atoms with Gasteiger partial charge < -0.3 is 0 Å². The summed E-state index contributed by atoms with van der Waals surface area (Å²) in [4.78, 5) is 4.73. The van der Waals surface area contributed by atoms with Crippen molar-refractivity contribution < 1.29 is 10.0 Å². The highest BCUT2D eigenvalue weighted by atomic mass is 16.9.